The van der Waals surface area contributed by atoms with Crippen LogP contribution in [-0.2, 0) is 19.4 Å². The highest BCUT2D eigenvalue weighted by Gasteiger charge is 2.24. The van der Waals surface area contributed by atoms with Crippen LogP contribution in [0.15, 0.2) is 23.5 Å². The summed E-state index contributed by atoms with van der Waals surface area (Å²) in [6.45, 7) is 2.54. The monoisotopic (exact) mass is 351 g/mol. The minimum atomic E-state index is 0.0445. The lowest BCUT2D eigenvalue weighted by Crippen LogP contribution is -2.37. The summed E-state index contributed by atoms with van der Waals surface area (Å²) in [6.07, 6.45) is 8.38. The van der Waals surface area contributed by atoms with Gasteiger partial charge in [0.25, 0.3) is 5.56 Å². The fourth-order valence-corrected chi connectivity index (χ4v) is 4.13. The second kappa shape index (κ2) is 6.19. The first kappa shape index (κ1) is 15.5. The minimum Gasteiger partial charge on any atom is -0.355 e. The standard InChI is InChI=1S/C18H21N7O/c26-15-8-13-2-1-3-14(13)23-25(15)9-12-4-6-24(7-5-12)18-16-17(20-10-19-16)21-11-22-18/h8,10-12H,1-7,9H2,(H,19,20,21,22). The van der Waals surface area contributed by atoms with Crippen molar-refractivity contribution >= 4 is 17.0 Å². The first-order valence-corrected chi connectivity index (χ1v) is 9.27. The lowest BCUT2D eigenvalue weighted by Gasteiger charge is -2.32. The first-order chi connectivity index (χ1) is 12.8. The Morgan fingerprint density at radius 3 is 2.92 bits per heavy atom. The molecule has 8 heteroatoms. The smallest absolute Gasteiger partial charge is 0.267 e. The van der Waals surface area contributed by atoms with Crippen LogP contribution in [0.5, 0.6) is 0 Å². The van der Waals surface area contributed by atoms with Gasteiger partial charge in [-0.2, -0.15) is 5.10 Å². The Labute approximate surface area is 150 Å². The molecule has 0 aromatic carbocycles. The molecule has 0 atom stereocenters. The number of aromatic nitrogens is 6. The van der Waals surface area contributed by atoms with Crippen molar-refractivity contribution in [3.8, 4) is 0 Å². The molecule has 4 heterocycles. The molecule has 1 fully saturated rings. The van der Waals surface area contributed by atoms with E-state index in [2.05, 4.69) is 29.9 Å². The van der Waals surface area contributed by atoms with Gasteiger partial charge in [-0.25, -0.2) is 19.6 Å². The number of nitrogens with one attached hydrogen (secondary N) is 1. The maximum atomic E-state index is 12.3. The zero-order chi connectivity index (χ0) is 17.5. The molecule has 2 aliphatic rings. The van der Waals surface area contributed by atoms with E-state index in [1.807, 2.05) is 0 Å². The van der Waals surface area contributed by atoms with Crippen molar-refractivity contribution < 1.29 is 0 Å². The molecule has 134 valence electrons. The molecule has 0 spiro atoms. The van der Waals surface area contributed by atoms with Crippen LogP contribution in [-0.4, -0.2) is 42.8 Å². The number of fused-ring (bicyclic) bond motifs is 2. The van der Waals surface area contributed by atoms with Crippen LogP contribution in [0.25, 0.3) is 11.2 Å². The van der Waals surface area contributed by atoms with Gasteiger partial charge >= 0.3 is 0 Å². The second-order valence-electron chi connectivity index (χ2n) is 7.22. The van der Waals surface area contributed by atoms with Gasteiger partial charge in [-0.1, -0.05) is 0 Å². The van der Waals surface area contributed by atoms with Crippen molar-refractivity contribution in [2.75, 3.05) is 18.0 Å². The maximum absolute atomic E-state index is 12.3. The van der Waals surface area contributed by atoms with Crippen LogP contribution in [0.2, 0.25) is 0 Å². The van der Waals surface area contributed by atoms with Crippen molar-refractivity contribution in [1.29, 1.82) is 0 Å². The van der Waals surface area contributed by atoms with Gasteiger partial charge < -0.3 is 9.88 Å². The molecule has 0 unspecified atom stereocenters. The number of aromatic amines is 1. The molecule has 0 saturated carbocycles. The predicted octanol–water partition coefficient (Wildman–Crippen LogP) is 1.31. The summed E-state index contributed by atoms with van der Waals surface area (Å²) in [7, 11) is 0. The number of H-pyrrole nitrogens is 1. The molecule has 0 amide bonds. The average Bonchev–Trinajstić information content (AvgIpc) is 3.31. The van der Waals surface area contributed by atoms with Crippen molar-refractivity contribution in [2.24, 2.45) is 5.92 Å². The van der Waals surface area contributed by atoms with E-state index < -0.39 is 0 Å². The summed E-state index contributed by atoms with van der Waals surface area (Å²) in [6, 6.07) is 1.79. The molecule has 0 radical (unpaired) electrons. The Bertz CT molecular complexity index is 1000. The maximum Gasteiger partial charge on any atom is 0.267 e. The van der Waals surface area contributed by atoms with Crippen molar-refractivity contribution in [3.63, 3.8) is 0 Å². The normalized spacial score (nSPS) is 17.8. The summed E-state index contributed by atoms with van der Waals surface area (Å²) in [5.41, 5.74) is 3.90. The van der Waals surface area contributed by atoms with Crippen molar-refractivity contribution in [3.05, 3.63) is 40.3 Å². The number of hydrogen-bond donors (Lipinski definition) is 1. The van der Waals surface area contributed by atoms with Crippen LogP contribution >= 0.6 is 0 Å². The summed E-state index contributed by atoms with van der Waals surface area (Å²) >= 11 is 0. The SMILES string of the molecule is O=c1cc2c(nn1CC1CCN(c3ncnc4nc[nH]c34)CC1)CCC2. The van der Waals surface area contributed by atoms with Gasteiger partial charge in [0.05, 0.1) is 12.0 Å². The largest absolute Gasteiger partial charge is 0.355 e. The summed E-state index contributed by atoms with van der Waals surface area (Å²) in [4.78, 5) is 30.6. The zero-order valence-corrected chi connectivity index (χ0v) is 14.6. The quantitative estimate of drug-likeness (QED) is 0.765. The van der Waals surface area contributed by atoms with Gasteiger partial charge in [0.1, 0.15) is 11.8 Å². The summed E-state index contributed by atoms with van der Waals surface area (Å²) in [5.74, 6) is 1.38. The highest BCUT2D eigenvalue weighted by Crippen LogP contribution is 2.26. The van der Waals surface area contributed by atoms with Gasteiger partial charge in [-0.15, -0.1) is 0 Å². The van der Waals surface area contributed by atoms with Gasteiger partial charge in [0, 0.05) is 25.7 Å². The van der Waals surface area contributed by atoms with E-state index in [1.54, 1.807) is 23.4 Å². The topological polar surface area (TPSA) is 92.6 Å². The number of rotatable bonds is 3. The van der Waals surface area contributed by atoms with E-state index in [0.29, 0.717) is 18.1 Å². The number of hydrogen-bond acceptors (Lipinski definition) is 6. The Hall–Kier alpha value is -2.77. The molecule has 26 heavy (non-hydrogen) atoms. The van der Waals surface area contributed by atoms with Crippen LogP contribution in [0.4, 0.5) is 5.82 Å². The zero-order valence-electron chi connectivity index (χ0n) is 14.6. The van der Waals surface area contributed by atoms with E-state index in [4.69, 9.17) is 0 Å². The van der Waals surface area contributed by atoms with Crippen LogP contribution in [0.1, 0.15) is 30.5 Å². The fourth-order valence-electron chi connectivity index (χ4n) is 4.13. The third kappa shape index (κ3) is 2.65. The molecular weight excluding hydrogens is 330 g/mol. The van der Waals surface area contributed by atoms with E-state index in [0.717, 1.165) is 67.8 Å². The highest BCUT2D eigenvalue weighted by molar-refractivity contribution is 5.82. The van der Waals surface area contributed by atoms with E-state index in [-0.39, 0.29) is 5.56 Å². The van der Waals surface area contributed by atoms with E-state index in [9.17, 15) is 4.79 Å². The Balaban J connectivity index is 1.29. The Morgan fingerprint density at radius 1 is 1.15 bits per heavy atom. The summed E-state index contributed by atoms with van der Waals surface area (Å²) < 4.78 is 1.68. The molecule has 1 aliphatic heterocycles. The molecular formula is C18H21N7O. The second-order valence-corrected chi connectivity index (χ2v) is 7.22. The van der Waals surface area contributed by atoms with Gasteiger partial charge in [0.15, 0.2) is 11.5 Å². The number of imidazole rings is 1. The number of aryl methyl sites for hydroxylation is 2. The van der Waals surface area contributed by atoms with Crippen molar-refractivity contribution in [2.45, 2.75) is 38.6 Å². The molecule has 1 aliphatic carbocycles. The van der Waals surface area contributed by atoms with Crippen molar-refractivity contribution in [1.82, 2.24) is 29.7 Å². The third-order valence-electron chi connectivity index (χ3n) is 5.57. The molecule has 8 nitrogen and oxygen atoms in total. The molecule has 3 aromatic heterocycles. The number of nitrogens with zero attached hydrogens (tertiary/aromatic N) is 6. The van der Waals surface area contributed by atoms with Crippen LogP contribution < -0.4 is 10.5 Å². The van der Waals surface area contributed by atoms with Crippen LogP contribution in [0, 0.1) is 5.92 Å². The molecule has 1 saturated heterocycles. The number of piperidine rings is 1. The Kier molecular flexibility index (Phi) is 3.69. The third-order valence-corrected chi connectivity index (χ3v) is 5.57. The first-order valence-electron chi connectivity index (χ1n) is 9.27. The van der Waals surface area contributed by atoms with E-state index >= 15 is 0 Å². The lowest BCUT2D eigenvalue weighted by atomic mass is 9.97. The predicted molar refractivity (Wildman–Crippen MR) is 97.1 cm³/mol. The molecule has 5 rings (SSSR count). The van der Waals surface area contributed by atoms with Gasteiger partial charge in [-0.3, -0.25) is 4.79 Å². The molecule has 0 bridgehead atoms. The van der Waals surface area contributed by atoms with Crippen LogP contribution in [0.3, 0.4) is 0 Å². The lowest BCUT2D eigenvalue weighted by molar-refractivity contribution is 0.333. The van der Waals surface area contributed by atoms with Gasteiger partial charge in [-0.05, 0) is 43.6 Å². The average molecular weight is 351 g/mol. The molecule has 3 aromatic rings. The fraction of sp³-hybridized carbons (Fsp3) is 0.500. The molecule has 1 N–H and O–H groups in total. The Morgan fingerprint density at radius 2 is 2.04 bits per heavy atom. The van der Waals surface area contributed by atoms with Gasteiger partial charge in [0.2, 0.25) is 0 Å². The number of anilines is 1. The highest BCUT2D eigenvalue weighted by atomic mass is 16.1. The summed E-state index contributed by atoms with van der Waals surface area (Å²) in [5, 5.41) is 4.61. The van der Waals surface area contributed by atoms with E-state index in [1.165, 1.54) is 0 Å². The minimum absolute atomic E-state index is 0.0445.